The van der Waals surface area contributed by atoms with Crippen LogP contribution in [0.3, 0.4) is 0 Å². The SMILES string of the molecule is CCCCCCCCCCCCCCc1cc(Cl)ccc1OCC(=O)Nc1ccc(S(=N)c2ccc([N+](=O)[O-])cc2)cc1. The van der Waals surface area contributed by atoms with Crippen LogP contribution >= 0.6 is 11.6 Å². The fourth-order valence-electron chi connectivity index (χ4n) is 4.90. The van der Waals surface area contributed by atoms with E-state index >= 15 is 0 Å². The van der Waals surface area contributed by atoms with Crippen molar-refractivity contribution in [3.05, 3.63) is 87.4 Å². The third-order valence-electron chi connectivity index (χ3n) is 7.34. The molecule has 0 aliphatic heterocycles. The summed E-state index contributed by atoms with van der Waals surface area (Å²) in [6, 6.07) is 18.6. The number of benzene rings is 3. The van der Waals surface area contributed by atoms with Crippen molar-refractivity contribution in [3.8, 4) is 5.75 Å². The van der Waals surface area contributed by atoms with Crippen molar-refractivity contribution in [2.45, 2.75) is 100 Å². The summed E-state index contributed by atoms with van der Waals surface area (Å²) >= 11 is 6.26. The molecule has 3 aromatic carbocycles. The minimum Gasteiger partial charge on any atom is -0.483 e. The van der Waals surface area contributed by atoms with Crippen LogP contribution in [-0.2, 0) is 21.9 Å². The molecule has 0 heterocycles. The highest BCUT2D eigenvalue weighted by atomic mass is 35.5. The van der Waals surface area contributed by atoms with E-state index in [1.54, 1.807) is 42.5 Å². The first kappa shape index (κ1) is 34.3. The van der Waals surface area contributed by atoms with E-state index in [-0.39, 0.29) is 18.2 Å². The van der Waals surface area contributed by atoms with Crippen molar-refractivity contribution >= 4 is 39.6 Å². The minimum atomic E-state index is -1.00. The normalized spacial score (nSPS) is 11.7. The Morgan fingerprint density at radius 2 is 1.37 bits per heavy atom. The predicted octanol–water partition coefficient (Wildman–Crippen LogP) is 10.3. The molecule has 43 heavy (non-hydrogen) atoms. The summed E-state index contributed by atoms with van der Waals surface area (Å²) in [5.41, 5.74) is 1.62. The number of nitro groups is 1. The minimum absolute atomic E-state index is 0.00362. The van der Waals surface area contributed by atoms with Crippen LogP contribution in [0.1, 0.15) is 89.5 Å². The van der Waals surface area contributed by atoms with E-state index in [2.05, 4.69) is 12.2 Å². The molecule has 0 aliphatic carbocycles. The van der Waals surface area contributed by atoms with Gasteiger partial charge in [0, 0.05) is 32.6 Å². The number of ether oxygens (including phenoxy) is 1. The molecular weight excluding hydrogens is 582 g/mol. The highest BCUT2D eigenvalue weighted by Gasteiger charge is 2.11. The molecular formula is C34H44ClN3O4S. The summed E-state index contributed by atoms with van der Waals surface area (Å²) < 4.78 is 14.4. The second-order valence-electron chi connectivity index (χ2n) is 10.8. The second-order valence-corrected chi connectivity index (χ2v) is 12.8. The molecule has 0 aliphatic rings. The number of hydrogen-bond acceptors (Lipinski definition) is 5. The molecule has 9 heteroatoms. The maximum atomic E-state index is 12.6. The van der Waals surface area contributed by atoms with Gasteiger partial charge in [-0.3, -0.25) is 19.7 Å². The monoisotopic (exact) mass is 625 g/mol. The molecule has 2 N–H and O–H groups in total. The molecule has 7 nitrogen and oxygen atoms in total. The van der Waals surface area contributed by atoms with Crippen molar-refractivity contribution in [2.24, 2.45) is 0 Å². The van der Waals surface area contributed by atoms with Gasteiger partial charge in [0.2, 0.25) is 0 Å². The zero-order valence-electron chi connectivity index (χ0n) is 25.1. The number of halogens is 1. The Labute approximate surface area is 263 Å². The van der Waals surface area contributed by atoms with Crippen LogP contribution in [0.15, 0.2) is 76.5 Å². The third kappa shape index (κ3) is 12.5. The van der Waals surface area contributed by atoms with Gasteiger partial charge in [-0.05, 0) is 83.7 Å². The molecule has 3 rings (SSSR count). The number of nitrogens with zero attached hydrogens (tertiary/aromatic N) is 1. The van der Waals surface area contributed by atoms with Crippen LogP contribution in [0.2, 0.25) is 5.02 Å². The van der Waals surface area contributed by atoms with Crippen molar-refractivity contribution in [1.29, 1.82) is 4.78 Å². The molecule has 1 unspecified atom stereocenters. The number of amides is 1. The summed E-state index contributed by atoms with van der Waals surface area (Å²) in [6.07, 6.45) is 16.5. The predicted molar refractivity (Wildman–Crippen MR) is 177 cm³/mol. The van der Waals surface area contributed by atoms with E-state index in [0.717, 1.165) is 23.3 Å². The van der Waals surface area contributed by atoms with E-state index in [1.807, 2.05) is 12.1 Å². The van der Waals surface area contributed by atoms with E-state index in [1.165, 1.54) is 82.8 Å². The van der Waals surface area contributed by atoms with Crippen LogP contribution < -0.4 is 10.1 Å². The van der Waals surface area contributed by atoms with E-state index in [9.17, 15) is 14.9 Å². The quantitative estimate of drug-likeness (QED) is 0.0740. The maximum absolute atomic E-state index is 12.6. The van der Waals surface area contributed by atoms with Crippen LogP contribution in [0, 0.1) is 14.9 Å². The third-order valence-corrected chi connectivity index (χ3v) is 9.06. The first-order valence-electron chi connectivity index (χ1n) is 15.4. The molecule has 232 valence electrons. The van der Waals surface area contributed by atoms with Crippen LogP contribution in [0.25, 0.3) is 0 Å². The molecule has 0 spiro atoms. The van der Waals surface area contributed by atoms with Crippen LogP contribution in [-0.4, -0.2) is 17.4 Å². The number of non-ortho nitro benzene ring substituents is 1. The summed E-state index contributed by atoms with van der Waals surface area (Å²) in [5.74, 6) is 0.401. The number of carbonyl (C=O) groups is 1. The Morgan fingerprint density at radius 3 is 1.93 bits per heavy atom. The first-order chi connectivity index (χ1) is 20.9. The molecule has 0 saturated carbocycles. The largest absolute Gasteiger partial charge is 0.483 e. The van der Waals surface area contributed by atoms with Gasteiger partial charge in [-0.25, -0.2) is 0 Å². The van der Waals surface area contributed by atoms with Crippen molar-refractivity contribution in [1.82, 2.24) is 0 Å². The van der Waals surface area contributed by atoms with Gasteiger partial charge < -0.3 is 10.1 Å². The Balaban J connectivity index is 1.39. The smallest absolute Gasteiger partial charge is 0.269 e. The van der Waals surface area contributed by atoms with Crippen LogP contribution in [0.5, 0.6) is 5.75 Å². The van der Waals surface area contributed by atoms with E-state index < -0.39 is 15.6 Å². The standard InChI is InChI=1S/C34H44ClN3O4S/c1-2-3-4-5-6-7-8-9-10-11-12-13-14-27-25-28(35)15-24-33(27)42-26-34(39)37-29-16-20-31(21-17-29)43(36)32-22-18-30(19-23-32)38(40)41/h15-25,36H,2-14,26H2,1H3,(H,37,39). The number of carbonyl (C=O) groups excluding carboxylic acids is 1. The lowest BCUT2D eigenvalue weighted by atomic mass is 10.0. The zero-order valence-corrected chi connectivity index (χ0v) is 26.7. The van der Waals surface area contributed by atoms with E-state index in [0.29, 0.717) is 21.4 Å². The number of nitrogens with one attached hydrogen (secondary N) is 2. The van der Waals surface area contributed by atoms with Crippen molar-refractivity contribution < 1.29 is 14.5 Å². The van der Waals surface area contributed by atoms with Crippen LogP contribution in [0.4, 0.5) is 11.4 Å². The highest BCUT2D eigenvalue weighted by Crippen LogP contribution is 2.26. The molecule has 1 amide bonds. The van der Waals surface area contributed by atoms with Gasteiger partial charge in [0.1, 0.15) is 5.75 Å². The number of hydrogen-bond donors (Lipinski definition) is 2. The Bertz CT molecular complexity index is 1320. The highest BCUT2D eigenvalue weighted by molar-refractivity contribution is 7.86. The summed E-state index contributed by atoms with van der Waals surface area (Å²) in [6.45, 7) is 2.13. The number of rotatable bonds is 20. The lowest BCUT2D eigenvalue weighted by Gasteiger charge is -2.13. The van der Waals surface area contributed by atoms with Gasteiger partial charge in [-0.2, -0.15) is 0 Å². The number of nitro benzene ring substituents is 1. The molecule has 1 atom stereocenters. The van der Waals surface area contributed by atoms with Crippen molar-refractivity contribution in [2.75, 3.05) is 11.9 Å². The van der Waals surface area contributed by atoms with Gasteiger partial charge in [0.15, 0.2) is 6.61 Å². The van der Waals surface area contributed by atoms with Gasteiger partial charge in [-0.1, -0.05) is 89.2 Å². The van der Waals surface area contributed by atoms with E-state index in [4.69, 9.17) is 21.1 Å². The molecule has 0 aromatic heterocycles. The zero-order chi connectivity index (χ0) is 30.9. The summed E-state index contributed by atoms with van der Waals surface area (Å²) in [5, 5.41) is 14.4. The summed E-state index contributed by atoms with van der Waals surface area (Å²) in [4.78, 5) is 24.4. The molecule has 3 aromatic rings. The molecule has 0 fully saturated rings. The van der Waals surface area contributed by atoms with Gasteiger partial charge >= 0.3 is 0 Å². The fourth-order valence-corrected chi connectivity index (χ4v) is 6.18. The molecule has 0 saturated heterocycles. The molecule has 0 radical (unpaired) electrons. The maximum Gasteiger partial charge on any atom is 0.269 e. The van der Waals surface area contributed by atoms with Crippen molar-refractivity contribution in [3.63, 3.8) is 0 Å². The number of unbranched alkanes of at least 4 members (excludes halogenated alkanes) is 11. The first-order valence-corrected chi connectivity index (χ1v) is 17.0. The topological polar surface area (TPSA) is 105 Å². The average Bonchev–Trinajstić information content (AvgIpc) is 3.01. The van der Waals surface area contributed by atoms with Gasteiger partial charge in [0.25, 0.3) is 11.6 Å². The Morgan fingerprint density at radius 1 is 0.837 bits per heavy atom. The lowest BCUT2D eigenvalue weighted by molar-refractivity contribution is -0.384. The molecule has 0 bridgehead atoms. The Hall–Kier alpha value is -3.23. The average molecular weight is 626 g/mol. The number of aryl methyl sites for hydroxylation is 1. The van der Waals surface area contributed by atoms with Gasteiger partial charge in [-0.15, -0.1) is 0 Å². The number of anilines is 1. The lowest BCUT2D eigenvalue weighted by Crippen LogP contribution is -2.20. The summed E-state index contributed by atoms with van der Waals surface area (Å²) in [7, 11) is -1.00. The Kier molecular flexibility index (Phi) is 15.2. The fraction of sp³-hybridized carbons (Fsp3) is 0.441. The van der Waals surface area contributed by atoms with Gasteiger partial charge in [0.05, 0.1) is 4.92 Å². The second kappa shape index (κ2) is 19.1.